The second-order valence-corrected chi connectivity index (χ2v) is 12.1. The lowest BCUT2D eigenvalue weighted by Gasteiger charge is -2.25. The summed E-state index contributed by atoms with van der Waals surface area (Å²) in [5, 5.41) is 0. The normalized spacial score (nSPS) is 11.2. The topological polar surface area (TPSA) is 66.6 Å². The standard InChI is InChI=1S/C35H71N3O2/c1-4-7-10-12-14-16-18-20-22-27-34(39)37(30-9-6-3)31-24-25-32-38(33-26-29-36)35(40)28-23-21-19-17-15-13-11-8-5-2/h4-33,36H2,1-3H3. The highest BCUT2D eigenvalue weighted by atomic mass is 16.2. The molecule has 2 N–H and O–H groups in total. The van der Waals surface area contributed by atoms with Crippen LogP contribution in [0.3, 0.4) is 0 Å². The molecule has 0 aromatic heterocycles. The Labute approximate surface area is 250 Å². The van der Waals surface area contributed by atoms with Crippen LogP contribution < -0.4 is 5.73 Å². The van der Waals surface area contributed by atoms with Gasteiger partial charge in [-0.3, -0.25) is 9.59 Å². The predicted octanol–water partition coefficient (Wildman–Crippen LogP) is 9.41. The smallest absolute Gasteiger partial charge is 0.222 e. The summed E-state index contributed by atoms with van der Waals surface area (Å²) in [7, 11) is 0. The number of carbonyl (C=O) groups is 2. The van der Waals surface area contributed by atoms with Crippen molar-refractivity contribution in [3.8, 4) is 0 Å². The molecule has 0 aliphatic carbocycles. The maximum absolute atomic E-state index is 12.9. The minimum Gasteiger partial charge on any atom is -0.343 e. The van der Waals surface area contributed by atoms with Gasteiger partial charge in [0.15, 0.2) is 0 Å². The maximum Gasteiger partial charge on any atom is 0.222 e. The quantitative estimate of drug-likeness (QED) is 0.0851. The zero-order valence-electron chi connectivity index (χ0n) is 27.5. The van der Waals surface area contributed by atoms with E-state index in [0.717, 1.165) is 77.5 Å². The van der Waals surface area contributed by atoms with E-state index in [4.69, 9.17) is 5.73 Å². The molecule has 2 amide bonds. The fourth-order valence-electron chi connectivity index (χ4n) is 5.45. The molecule has 0 spiro atoms. The van der Waals surface area contributed by atoms with Crippen molar-refractivity contribution in [2.24, 2.45) is 5.73 Å². The molecule has 0 aromatic carbocycles. The van der Waals surface area contributed by atoms with Crippen LogP contribution in [0.1, 0.15) is 181 Å². The molecule has 0 fully saturated rings. The van der Waals surface area contributed by atoms with Gasteiger partial charge < -0.3 is 15.5 Å². The molecule has 0 rings (SSSR count). The minimum atomic E-state index is 0.292. The SMILES string of the molecule is CCCCCCCCCCCC(=O)N(CCCC)CCCCN(CCCN)C(=O)CCCCCCCCCCC. The van der Waals surface area contributed by atoms with E-state index < -0.39 is 0 Å². The van der Waals surface area contributed by atoms with E-state index in [9.17, 15) is 9.59 Å². The highest BCUT2D eigenvalue weighted by Gasteiger charge is 2.15. The fourth-order valence-corrected chi connectivity index (χ4v) is 5.45. The fraction of sp³-hybridized carbons (Fsp3) is 0.943. The summed E-state index contributed by atoms with van der Waals surface area (Å²) in [6, 6.07) is 0. The molecule has 0 radical (unpaired) electrons. The molecule has 5 heteroatoms. The molecule has 0 bridgehead atoms. The lowest BCUT2D eigenvalue weighted by molar-refractivity contribution is -0.133. The lowest BCUT2D eigenvalue weighted by Crippen LogP contribution is -2.35. The van der Waals surface area contributed by atoms with Crippen LogP contribution in [0.2, 0.25) is 0 Å². The molecule has 238 valence electrons. The summed E-state index contributed by atoms with van der Waals surface area (Å²) in [5.74, 6) is 0.624. The van der Waals surface area contributed by atoms with Crippen LogP contribution in [0.15, 0.2) is 0 Å². The van der Waals surface area contributed by atoms with Crippen molar-refractivity contribution in [2.45, 2.75) is 181 Å². The number of nitrogens with two attached hydrogens (primary N) is 1. The van der Waals surface area contributed by atoms with Crippen molar-refractivity contribution in [3.63, 3.8) is 0 Å². The number of carbonyl (C=O) groups excluding carboxylic acids is 2. The van der Waals surface area contributed by atoms with Crippen molar-refractivity contribution in [1.29, 1.82) is 0 Å². The van der Waals surface area contributed by atoms with Gasteiger partial charge in [0, 0.05) is 39.0 Å². The summed E-state index contributed by atoms with van der Waals surface area (Å²) in [5.41, 5.74) is 5.76. The zero-order chi connectivity index (χ0) is 29.5. The average molecular weight is 566 g/mol. The van der Waals surface area contributed by atoms with Gasteiger partial charge in [-0.1, -0.05) is 130 Å². The summed E-state index contributed by atoms with van der Waals surface area (Å²) < 4.78 is 0. The maximum atomic E-state index is 12.9. The third-order valence-corrected chi connectivity index (χ3v) is 8.21. The van der Waals surface area contributed by atoms with Gasteiger partial charge in [-0.2, -0.15) is 0 Å². The molecule has 0 aliphatic heterocycles. The zero-order valence-corrected chi connectivity index (χ0v) is 27.5. The third kappa shape index (κ3) is 24.7. The Kier molecular flexibility index (Phi) is 30.0. The summed E-state index contributed by atoms with van der Waals surface area (Å²) >= 11 is 0. The number of hydrogen-bond donors (Lipinski definition) is 1. The molecular weight excluding hydrogens is 494 g/mol. The van der Waals surface area contributed by atoms with Crippen molar-refractivity contribution >= 4 is 11.8 Å². The van der Waals surface area contributed by atoms with E-state index in [1.807, 2.05) is 4.90 Å². The van der Waals surface area contributed by atoms with E-state index in [2.05, 4.69) is 25.7 Å². The van der Waals surface area contributed by atoms with Crippen LogP contribution >= 0.6 is 0 Å². The van der Waals surface area contributed by atoms with Gasteiger partial charge in [0.25, 0.3) is 0 Å². The second-order valence-electron chi connectivity index (χ2n) is 12.1. The van der Waals surface area contributed by atoms with Gasteiger partial charge >= 0.3 is 0 Å². The molecule has 0 unspecified atom stereocenters. The van der Waals surface area contributed by atoms with Crippen molar-refractivity contribution in [1.82, 2.24) is 9.80 Å². The van der Waals surface area contributed by atoms with E-state index in [0.29, 0.717) is 31.2 Å². The second kappa shape index (κ2) is 30.8. The minimum absolute atomic E-state index is 0.292. The average Bonchev–Trinajstić information content (AvgIpc) is 2.96. The Morgan fingerprint density at radius 1 is 0.400 bits per heavy atom. The Morgan fingerprint density at radius 3 is 1.05 bits per heavy atom. The summed E-state index contributed by atoms with van der Waals surface area (Å²) in [6.45, 7) is 10.6. The Morgan fingerprint density at radius 2 is 0.700 bits per heavy atom. The molecule has 0 saturated heterocycles. The first-order valence-corrected chi connectivity index (χ1v) is 17.9. The first kappa shape index (κ1) is 38.9. The molecular formula is C35H71N3O2. The van der Waals surface area contributed by atoms with E-state index in [1.165, 1.54) is 96.3 Å². The van der Waals surface area contributed by atoms with Crippen LogP contribution in [0.25, 0.3) is 0 Å². The molecule has 0 heterocycles. The highest BCUT2D eigenvalue weighted by molar-refractivity contribution is 5.76. The molecule has 0 saturated carbocycles. The molecule has 40 heavy (non-hydrogen) atoms. The molecule has 0 atom stereocenters. The first-order valence-electron chi connectivity index (χ1n) is 17.9. The van der Waals surface area contributed by atoms with E-state index >= 15 is 0 Å². The number of nitrogens with zero attached hydrogens (tertiary/aromatic N) is 2. The number of hydrogen-bond acceptors (Lipinski definition) is 3. The van der Waals surface area contributed by atoms with Crippen molar-refractivity contribution in [2.75, 3.05) is 32.7 Å². The third-order valence-electron chi connectivity index (χ3n) is 8.21. The van der Waals surface area contributed by atoms with Gasteiger partial charge in [0.1, 0.15) is 0 Å². The van der Waals surface area contributed by atoms with E-state index in [1.54, 1.807) is 0 Å². The monoisotopic (exact) mass is 566 g/mol. The Balaban J connectivity index is 4.25. The molecule has 0 aliphatic rings. The number of unbranched alkanes of at least 4 members (excludes halogenated alkanes) is 18. The van der Waals surface area contributed by atoms with Gasteiger partial charge in [0.2, 0.25) is 11.8 Å². The largest absolute Gasteiger partial charge is 0.343 e. The Bertz CT molecular complexity index is 507. The predicted molar refractivity (Wildman–Crippen MR) is 175 cm³/mol. The summed E-state index contributed by atoms with van der Waals surface area (Å²) in [6.07, 6.45) is 29.3. The van der Waals surface area contributed by atoms with Crippen LogP contribution in [-0.4, -0.2) is 54.3 Å². The van der Waals surface area contributed by atoms with Crippen molar-refractivity contribution in [3.05, 3.63) is 0 Å². The van der Waals surface area contributed by atoms with Gasteiger partial charge in [-0.25, -0.2) is 0 Å². The molecule has 5 nitrogen and oxygen atoms in total. The van der Waals surface area contributed by atoms with Crippen LogP contribution in [0.4, 0.5) is 0 Å². The first-order chi connectivity index (χ1) is 19.6. The van der Waals surface area contributed by atoms with Crippen LogP contribution in [0.5, 0.6) is 0 Å². The summed E-state index contributed by atoms with van der Waals surface area (Å²) in [4.78, 5) is 30.0. The van der Waals surface area contributed by atoms with Crippen molar-refractivity contribution < 1.29 is 9.59 Å². The highest BCUT2D eigenvalue weighted by Crippen LogP contribution is 2.14. The number of amides is 2. The van der Waals surface area contributed by atoms with Crippen LogP contribution in [0, 0.1) is 0 Å². The lowest BCUT2D eigenvalue weighted by atomic mass is 10.1. The van der Waals surface area contributed by atoms with Gasteiger partial charge in [-0.05, 0) is 45.1 Å². The Hall–Kier alpha value is -1.10. The number of rotatable bonds is 31. The van der Waals surface area contributed by atoms with Gasteiger partial charge in [0.05, 0.1) is 0 Å². The van der Waals surface area contributed by atoms with Gasteiger partial charge in [-0.15, -0.1) is 0 Å². The molecule has 0 aromatic rings. The van der Waals surface area contributed by atoms with Crippen LogP contribution in [-0.2, 0) is 9.59 Å². The van der Waals surface area contributed by atoms with E-state index in [-0.39, 0.29) is 0 Å².